The monoisotopic (exact) mass is 219 g/mol. The first-order valence-electron chi connectivity index (χ1n) is 5.99. The summed E-state index contributed by atoms with van der Waals surface area (Å²) in [6.07, 6.45) is 2.55. The van der Waals surface area contributed by atoms with E-state index >= 15 is 0 Å². The Hall–Kier alpha value is -1.38. The third-order valence-corrected chi connectivity index (χ3v) is 3.90. The molecule has 1 aliphatic rings. The molecule has 5 N–H and O–H groups in total. The zero-order chi connectivity index (χ0) is 11.7. The highest BCUT2D eigenvalue weighted by atomic mass is 14.9. The Labute approximate surface area is 97.2 Å². The van der Waals surface area contributed by atoms with E-state index in [0.717, 1.165) is 17.5 Å². The predicted molar refractivity (Wildman–Crippen MR) is 70.2 cm³/mol. The second-order valence-corrected chi connectivity index (χ2v) is 5.01. The van der Waals surface area contributed by atoms with Crippen LogP contribution in [0.25, 0.3) is 0 Å². The number of anilines is 3. The summed E-state index contributed by atoms with van der Waals surface area (Å²) in [5, 5.41) is 3.55. The molecule has 1 aliphatic carbocycles. The number of benzene rings is 1. The van der Waals surface area contributed by atoms with E-state index in [1.807, 2.05) is 18.2 Å². The third-order valence-electron chi connectivity index (χ3n) is 3.90. The molecule has 0 radical (unpaired) electrons. The van der Waals surface area contributed by atoms with E-state index in [9.17, 15) is 0 Å². The molecule has 3 atom stereocenters. The Morgan fingerprint density at radius 2 is 1.88 bits per heavy atom. The summed E-state index contributed by atoms with van der Waals surface area (Å²) < 4.78 is 0. The smallest absolute Gasteiger partial charge is 0.0568 e. The fourth-order valence-corrected chi connectivity index (χ4v) is 2.45. The van der Waals surface area contributed by atoms with Crippen molar-refractivity contribution in [1.82, 2.24) is 0 Å². The zero-order valence-corrected chi connectivity index (χ0v) is 10.0. The third kappa shape index (κ3) is 2.08. The van der Waals surface area contributed by atoms with Gasteiger partial charge in [0.05, 0.1) is 11.4 Å². The lowest BCUT2D eigenvalue weighted by Crippen LogP contribution is -2.24. The molecule has 3 nitrogen and oxygen atoms in total. The fourth-order valence-electron chi connectivity index (χ4n) is 2.45. The molecule has 0 saturated heterocycles. The van der Waals surface area contributed by atoms with Crippen molar-refractivity contribution in [3.8, 4) is 0 Å². The molecule has 0 aliphatic heterocycles. The summed E-state index contributed by atoms with van der Waals surface area (Å²) in [7, 11) is 0. The van der Waals surface area contributed by atoms with Crippen LogP contribution < -0.4 is 16.8 Å². The minimum Gasteiger partial charge on any atom is -0.397 e. The number of nitrogens with two attached hydrogens (primary N) is 2. The van der Waals surface area contributed by atoms with Crippen LogP contribution in [-0.2, 0) is 0 Å². The van der Waals surface area contributed by atoms with Crippen molar-refractivity contribution in [1.29, 1.82) is 0 Å². The largest absolute Gasteiger partial charge is 0.397 e. The number of hydrogen-bond acceptors (Lipinski definition) is 3. The zero-order valence-electron chi connectivity index (χ0n) is 10.0. The quantitative estimate of drug-likeness (QED) is 0.670. The first kappa shape index (κ1) is 11.1. The van der Waals surface area contributed by atoms with Crippen LogP contribution in [-0.4, -0.2) is 6.04 Å². The summed E-state index contributed by atoms with van der Waals surface area (Å²) in [5.41, 5.74) is 13.9. The van der Waals surface area contributed by atoms with Gasteiger partial charge in [-0.05, 0) is 42.9 Å². The van der Waals surface area contributed by atoms with Crippen LogP contribution >= 0.6 is 0 Å². The summed E-state index contributed by atoms with van der Waals surface area (Å²) in [6.45, 7) is 4.64. The van der Waals surface area contributed by atoms with E-state index in [4.69, 9.17) is 11.5 Å². The topological polar surface area (TPSA) is 64.1 Å². The van der Waals surface area contributed by atoms with Gasteiger partial charge in [0.1, 0.15) is 0 Å². The van der Waals surface area contributed by atoms with Crippen molar-refractivity contribution in [3.05, 3.63) is 18.2 Å². The molecular formula is C13H21N3. The van der Waals surface area contributed by atoms with Crippen molar-refractivity contribution in [2.75, 3.05) is 16.8 Å². The highest BCUT2D eigenvalue weighted by Gasteiger charge is 2.29. The average Bonchev–Trinajstić information content (AvgIpc) is 2.55. The van der Waals surface area contributed by atoms with Crippen LogP contribution in [0.1, 0.15) is 26.7 Å². The molecule has 1 saturated carbocycles. The minimum absolute atomic E-state index is 0.568. The van der Waals surface area contributed by atoms with Crippen LogP contribution in [0.5, 0.6) is 0 Å². The highest BCUT2D eigenvalue weighted by Crippen LogP contribution is 2.33. The molecule has 3 unspecified atom stereocenters. The second kappa shape index (κ2) is 4.24. The Balaban J connectivity index is 2.07. The minimum atomic E-state index is 0.568. The maximum absolute atomic E-state index is 5.79. The molecule has 0 aromatic heterocycles. The van der Waals surface area contributed by atoms with Crippen LogP contribution in [0, 0.1) is 11.8 Å². The van der Waals surface area contributed by atoms with E-state index in [1.54, 1.807) is 0 Å². The Kier molecular flexibility index (Phi) is 2.95. The van der Waals surface area contributed by atoms with Crippen molar-refractivity contribution in [2.24, 2.45) is 11.8 Å². The van der Waals surface area contributed by atoms with Crippen molar-refractivity contribution in [2.45, 2.75) is 32.7 Å². The number of nitrogen functional groups attached to an aromatic ring is 2. The Morgan fingerprint density at radius 1 is 1.12 bits per heavy atom. The molecule has 88 valence electrons. The molecule has 2 rings (SSSR count). The summed E-state index contributed by atoms with van der Waals surface area (Å²) in [5.74, 6) is 1.53. The van der Waals surface area contributed by atoms with Gasteiger partial charge in [0.25, 0.3) is 0 Å². The van der Waals surface area contributed by atoms with E-state index < -0.39 is 0 Å². The molecule has 1 aromatic carbocycles. The molecule has 16 heavy (non-hydrogen) atoms. The lowest BCUT2D eigenvalue weighted by atomic mass is 9.97. The molecule has 3 heteroatoms. The van der Waals surface area contributed by atoms with E-state index in [-0.39, 0.29) is 0 Å². The second-order valence-electron chi connectivity index (χ2n) is 5.01. The van der Waals surface area contributed by atoms with E-state index in [1.165, 1.54) is 12.8 Å². The van der Waals surface area contributed by atoms with Gasteiger partial charge in [-0.15, -0.1) is 0 Å². The van der Waals surface area contributed by atoms with Gasteiger partial charge in [0.15, 0.2) is 0 Å². The average molecular weight is 219 g/mol. The van der Waals surface area contributed by atoms with Crippen LogP contribution in [0.3, 0.4) is 0 Å². The molecule has 1 fully saturated rings. The van der Waals surface area contributed by atoms with Gasteiger partial charge >= 0.3 is 0 Å². The Morgan fingerprint density at radius 3 is 2.44 bits per heavy atom. The maximum Gasteiger partial charge on any atom is 0.0568 e. The van der Waals surface area contributed by atoms with Crippen LogP contribution in [0.2, 0.25) is 0 Å². The maximum atomic E-state index is 5.79. The van der Waals surface area contributed by atoms with Gasteiger partial charge in [-0.25, -0.2) is 0 Å². The first-order chi connectivity index (χ1) is 7.58. The molecule has 1 aromatic rings. The molecule has 0 spiro atoms. The molecule has 0 heterocycles. The normalized spacial score (nSPS) is 29.2. The lowest BCUT2D eigenvalue weighted by molar-refractivity contribution is 0.435. The summed E-state index contributed by atoms with van der Waals surface area (Å²) in [6, 6.07) is 6.35. The standard InChI is InChI=1S/C13H21N3/c1-8-3-6-13(9(8)2)16-10-4-5-11(14)12(15)7-10/h4-5,7-9,13,16H,3,6,14-15H2,1-2H3. The van der Waals surface area contributed by atoms with E-state index in [2.05, 4.69) is 19.2 Å². The number of rotatable bonds is 2. The predicted octanol–water partition coefficient (Wildman–Crippen LogP) is 2.70. The van der Waals surface area contributed by atoms with E-state index in [0.29, 0.717) is 17.4 Å². The number of nitrogens with one attached hydrogen (secondary N) is 1. The molecular weight excluding hydrogens is 198 g/mol. The highest BCUT2D eigenvalue weighted by molar-refractivity contribution is 5.69. The van der Waals surface area contributed by atoms with Gasteiger partial charge in [-0.3, -0.25) is 0 Å². The summed E-state index contributed by atoms with van der Waals surface area (Å²) >= 11 is 0. The van der Waals surface area contributed by atoms with Gasteiger partial charge in [-0.1, -0.05) is 13.8 Å². The van der Waals surface area contributed by atoms with Crippen molar-refractivity contribution >= 4 is 17.1 Å². The summed E-state index contributed by atoms with van der Waals surface area (Å²) in [4.78, 5) is 0. The van der Waals surface area contributed by atoms with Crippen molar-refractivity contribution < 1.29 is 0 Å². The fraction of sp³-hybridized carbons (Fsp3) is 0.538. The van der Waals surface area contributed by atoms with Crippen LogP contribution in [0.15, 0.2) is 18.2 Å². The lowest BCUT2D eigenvalue weighted by Gasteiger charge is -2.21. The van der Waals surface area contributed by atoms with Gasteiger partial charge in [-0.2, -0.15) is 0 Å². The first-order valence-corrected chi connectivity index (χ1v) is 5.99. The molecule has 0 bridgehead atoms. The number of hydrogen-bond donors (Lipinski definition) is 3. The molecule has 0 amide bonds. The van der Waals surface area contributed by atoms with Crippen molar-refractivity contribution in [3.63, 3.8) is 0 Å². The van der Waals surface area contributed by atoms with Crippen LogP contribution in [0.4, 0.5) is 17.1 Å². The van der Waals surface area contributed by atoms with Gasteiger partial charge in [0.2, 0.25) is 0 Å². The Bertz CT molecular complexity index is 375. The van der Waals surface area contributed by atoms with Gasteiger partial charge < -0.3 is 16.8 Å². The SMILES string of the molecule is CC1CCC(Nc2ccc(N)c(N)c2)C1C. The van der Waals surface area contributed by atoms with Gasteiger partial charge in [0, 0.05) is 11.7 Å².